The fraction of sp³-hybridized carbons (Fsp3) is 1.00. The van der Waals surface area contributed by atoms with E-state index in [1.807, 2.05) is 20.8 Å². The maximum Gasteiger partial charge on any atom is 0.0465 e. The van der Waals surface area contributed by atoms with Gasteiger partial charge in [0.1, 0.15) is 0 Å². The third-order valence-corrected chi connectivity index (χ3v) is 2.00. The van der Waals surface area contributed by atoms with Crippen LogP contribution in [0.1, 0.15) is 52.9 Å². The van der Waals surface area contributed by atoms with Crippen LogP contribution in [0.15, 0.2) is 0 Å². The second kappa shape index (κ2) is 18.9. The maximum absolute atomic E-state index is 5.24. The van der Waals surface area contributed by atoms with Crippen molar-refractivity contribution in [2.45, 2.75) is 52.9 Å². The summed E-state index contributed by atoms with van der Waals surface area (Å²) in [6.07, 6.45) is 6.37. The first-order chi connectivity index (χ1) is 6.91. The summed E-state index contributed by atoms with van der Waals surface area (Å²) in [6, 6.07) is 0. The zero-order chi connectivity index (χ0) is 11.1. The van der Waals surface area contributed by atoms with Crippen LogP contribution >= 0.6 is 12.8 Å². The number of hydrogen-bond acceptors (Lipinski definition) is 3. The van der Waals surface area contributed by atoms with E-state index in [1.165, 1.54) is 32.1 Å². The Bertz CT molecular complexity index is 71.7. The van der Waals surface area contributed by atoms with Gasteiger partial charge in [-0.05, 0) is 19.8 Å². The molecule has 1 N–H and O–H groups in total. The molecule has 0 aromatic rings. The summed E-state index contributed by atoms with van der Waals surface area (Å²) in [5.74, 6) is 0. The van der Waals surface area contributed by atoms with Gasteiger partial charge in [0.2, 0.25) is 0 Å². The van der Waals surface area contributed by atoms with Crippen molar-refractivity contribution in [1.29, 1.82) is 0 Å². The second-order valence-corrected chi connectivity index (χ2v) is 3.19. The van der Waals surface area contributed by atoms with Crippen molar-refractivity contribution in [3.05, 3.63) is 0 Å². The molecule has 0 fully saturated rings. The van der Waals surface area contributed by atoms with E-state index in [0.29, 0.717) is 0 Å². The van der Waals surface area contributed by atoms with Gasteiger partial charge in [-0.25, -0.2) is 0 Å². The maximum atomic E-state index is 5.24. The summed E-state index contributed by atoms with van der Waals surface area (Å²) in [7, 11) is 0. The molecule has 0 spiro atoms. The third-order valence-electron chi connectivity index (χ3n) is 1.78. The van der Waals surface area contributed by atoms with E-state index in [2.05, 4.69) is 17.5 Å². The van der Waals surface area contributed by atoms with Gasteiger partial charge in [0.05, 0.1) is 0 Å². The molecule has 2 nitrogen and oxygen atoms in total. The SMILES string of the molecule is CC.CCOCCCCCCCNS. The Morgan fingerprint density at radius 3 is 2.14 bits per heavy atom. The average molecular weight is 221 g/mol. The molecule has 0 aliphatic heterocycles. The van der Waals surface area contributed by atoms with E-state index in [9.17, 15) is 0 Å². The van der Waals surface area contributed by atoms with Gasteiger partial charge in [-0.15, -0.1) is 0 Å². The predicted molar refractivity (Wildman–Crippen MR) is 67.9 cm³/mol. The minimum Gasteiger partial charge on any atom is -0.382 e. The zero-order valence-corrected chi connectivity index (χ0v) is 10.9. The van der Waals surface area contributed by atoms with Crippen LogP contribution in [0.25, 0.3) is 0 Å². The minimum absolute atomic E-state index is 0.851. The van der Waals surface area contributed by atoms with Gasteiger partial charge in [-0.2, -0.15) is 0 Å². The molecule has 0 bridgehead atoms. The van der Waals surface area contributed by atoms with Crippen molar-refractivity contribution in [2.75, 3.05) is 19.8 Å². The zero-order valence-electron chi connectivity index (χ0n) is 10.0. The third kappa shape index (κ3) is 18.1. The van der Waals surface area contributed by atoms with E-state index in [-0.39, 0.29) is 0 Å². The van der Waals surface area contributed by atoms with Gasteiger partial charge in [-0.3, -0.25) is 4.72 Å². The number of unbranched alkanes of at least 4 members (excludes halogenated alkanes) is 4. The molecule has 0 atom stereocenters. The van der Waals surface area contributed by atoms with Crippen molar-refractivity contribution >= 4 is 12.8 Å². The van der Waals surface area contributed by atoms with Gasteiger partial charge >= 0.3 is 0 Å². The lowest BCUT2D eigenvalue weighted by molar-refractivity contribution is 0.143. The Labute approximate surface area is 95.3 Å². The Balaban J connectivity index is 0. The summed E-state index contributed by atoms with van der Waals surface area (Å²) in [4.78, 5) is 0. The minimum atomic E-state index is 0.851. The molecule has 88 valence electrons. The van der Waals surface area contributed by atoms with Crippen LogP contribution in [0.3, 0.4) is 0 Å². The van der Waals surface area contributed by atoms with Crippen molar-refractivity contribution in [3.8, 4) is 0 Å². The van der Waals surface area contributed by atoms with Crippen molar-refractivity contribution in [3.63, 3.8) is 0 Å². The van der Waals surface area contributed by atoms with Crippen LogP contribution in [-0.4, -0.2) is 19.8 Å². The highest BCUT2D eigenvalue weighted by molar-refractivity contribution is 7.78. The van der Waals surface area contributed by atoms with Gasteiger partial charge in [0.15, 0.2) is 0 Å². The van der Waals surface area contributed by atoms with Crippen LogP contribution < -0.4 is 4.72 Å². The normalized spacial score (nSPS) is 9.43. The largest absolute Gasteiger partial charge is 0.382 e. The Morgan fingerprint density at radius 2 is 1.57 bits per heavy atom. The Hall–Kier alpha value is 0.270. The molecular weight excluding hydrogens is 194 g/mol. The molecule has 3 heteroatoms. The number of hydrogen-bond donors (Lipinski definition) is 2. The molecule has 0 aromatic heterocycles. The molecule has 0 unspecified atom stereocenters. The molecule has 0 saturated heterocycles. The van der Waals surface area contributed by atoms with E-state index in [4.69, 9.17) is 4.74 Å². The predicted octanol–water partition coefficient (Wildman–Crippen LogP) is 3.43. The molecule has 0 rings (SSSR count). The monoisotopic (exact) mass is 221 g/mol. The summed E-state index contributed by atoms with van der Waals surface area (Å²) in [5.41, 5.74) is 0. The highest BCUT2D eigenvalue weighted by atomic mass is 32.1. The van der Waals surface area contributed by atoms with Crippen molar-refractivity contribution in [1.82, 2.24) is 4.72 Å². The van der Waals surface area contributed by atoms with E-state index < -0.39 is 0 Å². The first-order valence-electron chi connectivity index (χ1n) is 5.86. The number of ether oxygens (including phenoxy) is 1. The first-order valence-corrected chi connectivity index (χ1v) is 6.31. The average Bonchev–Trinajstić information content (AvgIpc) is 2.25. The van der Waals surface area contributed by atoms with E-state index in [0.717, 1.165) is 19.8 Å². The van der Waals surface area contributed by atoms with E-state index >= 15 is 0 Å². The molecule has 0 aromatic carbocycles. The lowest BCUT2D eigenvalue weighted by Gasteiger charge is -2.01. The standard InChI is InChI=1S/C9H21NOS.C2H6/c1-2-11-9-7-5-3-4-6-8-10-12;1-2/h10,12H,2-9H2,1H3;1-2H3. The van der Waals surface area contributed by atoms with Crippen LogP contribution in [0.4, 0.5) is 0 Å². The van der Waals surface area contributed by atoms with Gasteiger partial charge < -0.3 is 4.74 Å². The van der Waals surface area contributed by atoms with Crippen LogP contribution in [0.5, 0.6) is 0 Å². The summed E-state index contributed by atoms with van der Waals surface area (Å²) < 4.78 is 8.09. The lowest BCUT2D eigenvalue weighted by atomic mass is 10.1. The molecule has 0 amide bonds. The van der Waals surface area contributed by atoms with Crippen molar-refractivity contribution < 1.29 is 4.74 Å². The quantitative estimate of drug-likeness (QED) is 0.460. The highest BCUT2D eigenvalue weighted by Crippen LogP contribution is 2.02. The van der Waals surface area contributed by atoms with Crippen LogP contribution in [-0.2, 0) is 4.74 Å². The second-order valence-electron chi connectivity index (χ2n) is 2.87. The Morgan fingerprint density at radius 1 is 1.00 bits per heavy atom. The number of rotatable bonds is 9. The molecule has 0 aliphatic carbocycles. The van der Waals surface area contributed by atoms with Crippen molar-refractivity contribution in [2.24, 2.45) is 0 Å². The molecule has 0 heterocycles. The fourth-order valence-electron chi connectivity index (χ4n) is 1.08. The molecule has 0 radical (unpaired) electrons. The topological polar surface area (TPSA) is 21.3 Å². The highest BCUT2D eigenvalue weighted by Gasteiger charge is 1.89. The molecular formula is C11H27NOS. The van der Waals surface area contributed by atoms with Crippen LogP contribution in [0.2, 0.25) is 0 Å². The summed E-state index contributed by atoms with van der Waals surface area (Å²) >= 11 is 3.92. The number of nitrogens with one attached hydrogen (secondary N) is 1. The lowest BCUT2D eigenvalue weighted by Crippen LogP contribution is -2.00. The van der Waals surface area contributed by atoms with Gasteiger partial charge in [0.25, 0.3) is 0 Å². The summed E-state index contributed by atoms with van der Waals surface area (Å²) in [6.45, 7) is 8.85. The molecule has 0 saturated carbocycles. The van der Waals surface area contributed by atoms with Gasteiger partial charge in [-0.1, -0.05) is 45.9 Å². The molecule has 0 aliphatic rings. The first kappa shape index (κ1) is 16.7. The van der Waals surface area contributed by atoms with E-state index in [1.54, 1.807) is 0 Å². The number of thiol groups is 1. The molecule has 14 heavy (non-hydrogen) atoms. The van der Waals surface area contributed by atoms with Crippen LogP contribution in [0, 0.1) is 0 Å². The fourth-order valence-corrected chi connectivity index (χ4v) is 1.24. The van der Waals surface area contributed by atoms with Gasteiger partial charge in [0, 0.05) is 19.8 Å². The smallest absolute Gasteiger partial charge is 0.0465 e. The summed E-state index contributed by atoms with van der Waals surface area (Å²) in [5, 5.41) is 0. The Kier molecular flexibility index (Phi) is 22.6.